The number of thioether (sulfide) groups is 1. The molecule has 1 aromatic rings. The lowest BCUT2D eigenvalue weighted by atomic mass is 10.2. The number of nitrogens with one attached hydrogen (secondary N) is 1. The van der Waals surface area contributed by atoms with Crippen molar-refractivity contribution in [3.05, 3.63) is 28.8 Å². The quantitative estimate of drug-likeness (QED) is 0.851. The van der Waals surface area contributed by atoms with Crippen molar-refractivity contribution in [1.82, 2.24) is 9.62 Å². The van der Waals surface area contributed by atoms with Gasteiger partial charge in [-0.1, -0.05) is 23.4 Å². The molecule has 24 heavy (non-hydrogen) atoms. The van der Waals surface area contributed by atoms with E-state index in [9.17, 15) is 18.0 Å². The summed E-state index contributed by atoms with van der Waals surface area (Å²) in [5.74, 6) is 0.212. The molecule has 1 amide bonds. The van der Waals surface area contributed by atoms with Gasteiger partial charge in [-0.05, 0) is 37.5 Å². The third-order valence-corrected chi connectivity index (χ3v) is 7.51. The monoisotopic (exact) mass is 388 g/mol. The molecule has 6 nitrogen and oxygen atoms in total. The highest BCUT2D eigenvalue weighted by atomic mass is 35.5. The minimum Gasteiger partial charge on any atom is -0.341 e. The second kappa shape index (κ2) is 7.03. The first-order chi connectivity index (χ1) is 11.4. The van der Waals surface area contributed by atoms with Gasteiger partial charge >= 0.3 is 0 Å². The van der Waals surface area contributed by atoms with Crippen molar-refractivity contribution >= 4 is 44.4 Å². The SMILES string of the molecule is O=C(NC1CCSC1=O)c1ccc(Cl)c(S(=O)(=O)N2CCCC2)c1. The number of carbonyl (C=O) groups excluding carboxylic acids is 2. The lowest BCUT2D eigenvalue weighted by Gasteiger charge is -2.17. The molecule has 0 spiro atoms. The molecule has 2 fully saturated rings. The Hall–Kier alpha value is -1.09. The van der Waals surface area contributed by atoms with Crippen molar-refractivity contribution < 1.29 is 18.0 Å². The molecule has 1 atom stereocenters. The second-order valence-corrected chi connectivity index (χ2v) is 9.15. The lowest BCUT2D eigenvalue weighted by molar-refractivity contribution is -0.112. The maximum atomic E-state index is 12.7. The summed E-state index contributed by atoms with van der Waals surface area (Å²) in [6.45, 7) is 0.922. The van der Waals surface area contributed by atoms with E-state index in [4.69, 9.17) is 11.6 Å². The highest BCUT2D eigenvalue weighted by Gasteiger charge is 2.31. The summed E-state index contributed by atoms with van der Waals surface area (Å²) in [5, 5.41) is 2.67. The number of hydrogen-bond acceptors (Lipinski definition) is 5. The van der Waals surface area contributed by atoms with Gasteiger partial charge in [0.05, 0.1) is 11.1 Å². The molecular formula is C15H17ClN2O4S2. The number of amides is 1. The number of benzene rings is 1. The minimum absolute atomic E-state index is 0.0640. The van der Waals surface area contributed by atoms with Crippen LogP contribution in [0.2, 0.25) is 5.02 Å². The molecule has 2 heterocycles. The Labute approximate surface area is 150 Å². The van der Waals surface area contributed by atoms with Crippen LogP contribution in [-0.4, -0.2) is 48.6 Å². The topological polar surface area (TPSA) is 83.5 Å². The summed E-state index contributed by atoms with van der Waals surface area (Å²) in [6.07, 6.45) is 2.22. The van der Waals surface area contributed by atoms with Gasteiger partial charge < -0.3 is 5.32 Å². The Bertz CT molecular complexity index is 776. The molecule has 9 heteroatoms. The fraction of sp³-hybridized carbons (Fsp3) is 0.467. The van der Waals surface area contributed by atoms with Gasteiger partial charge in [-0.2, -0.15) is 4.31 Å². The van der Waals surface area contributed by atoms with E-state index in [1.165, 1.54) is 34.3 Å². The maximum absolute atomic E-state index is 12.7. The Morgan fingerprint density at radius 3 is 2.62 bits per heavy atom. The van der Waals surface area contributed by atoms with Crippen molar-refractivity contribution in [2.45, 2.75) is 30.2 Å². The van der Waals surface area contributed by atoms with Gasteiger partial charge in [0.25, 0.3) is 5.91 Å². The molecule has 1 N–H and O–H groups in total. The molecule has 0 bridgehead atoms. The molecule has 130 valence electrons. The van der Waals surface area contributed by atoms with E-state index < -0.39 is 22.0 Å². The number of rotatable bonds is 4. The first-order valence-electron chi connectivity index (χ1n) is 7.67. The third-order valence-electron chi connectivity index (χ3n) is 4.12. The lowest BCUT2D eigenvalue weighted by Crippen LogP contribution is -2.37. The first kappa shape index (κ1) is 17.7. The second-order valence-electron chi connectivity index (χ2n) is 5.74. The van der Waals surface area contributed by atoms with Gasteiger partial charge in [0.1, 0.15) is 4.90 Å². The smallest absolute Gasteiger partial charge is 0.251 e. The van der Waals surface area contributed by atoms with Crippen LogP contribution in [-0.2, 0) is 14.8 Å². The zero-order valence-corrected chi connectivity index (χ0v) is 15.2. The highest BCUT2D eigenvalue weighted by molar-refractivity contribution is 8.14. The molecule has 2 aliphatic rings. The number of sulfonamides is 1. The van der Waals surface area contributed by atoms with E-state index in [1.54, 1.807) is 0 Å². The van der Waals surface area contributed by atoms with Crippen LogP contribution < -0.4 is 5.32 Å². The van der Waals surface area contributed by atoms with Crippen molar-refractivity contribution in [2.75, 3.05) is 18.8 Å². The van der Waals surface area contributed by atoms with Crippen molar-refractivity contribution in [3.8, 4) is 0 Å². The van der Waals surface area contributed by atoms with E-state index in [-0.39, 0.29) is 20.6 Å². The van der Waals surface area contributed by atoms with E-state index in [2.05, 4.69) is 5.32 Å². The van der Waals surface area contributed by atoms with Crippen molar-refractivity contribution in [1.29, 1.82) is 0 Å². The molecule has 0 aliphatic carbocycles. The summed E-state index contributed by atoms with van der Waals surface area (Å²) >= 11 is 7.25. The molecule has 0 radical (unpaired) electrons. The molecular weight excluding hydrogens is 372 g/mol. The van der Waals surface area contributed by atoms with Gasteiger partial charge in [0.2, 0.25) is 15.1 Å². The molecule has 2 aliphatic heterocycles. The number of halogens is 1. The van der Waals surface area contributed by atoms with Crippen molar-refractivity contribution in [2.24, 2.45) is 0 Å². The van der Waals surface area contributed by atoms with Crippen LogP contribution in [0.15, 0.2) is 23.1 Å². The average Bonchev–Trinajstić information content (AvgIpc) is 3.20. The maximum Gasteiger partial charge on any atom is 0.251 e. The van der Waals surface area contributed by atoms with Crippen LogP contribution in [0.4, 0.5) is 0 Å². The number of hydrogen-bond donors (Lipinski definition) is 1. The zero-order valence-electron chi connectivity index (χ0n) is 12.8. The third kappa shape index (κ3) is 3.46. The predicted octanol–water partition coefficient (Wildman–Crippen LogP) is 1.89. The van der Waals surface area contributed by atoms with Crippen molar-refractivity contribution in [3.63, 3.8) is 0 Å². The molecule has 2 saturated heterocycles. The van der Waals surface area contributed by atoms with Crippen LogP contribution in [0.5, 0.6) is 0 Å². The van der Waals surface area contributed by atoms with Gasteiger partial charge in [-0.3, -0.25) is 9.59 Å². The summed E-state index contributed by atoms with van der Waals surface area (Å²) in [7, 11) is -3.71. The Balaban J connectivity index is 1.85. The Kier molecular flexibility index (Phi) is 5.19. The molecule has 1 aromatic carbocycles. The standard InChI is InChI=1S/C15H17ClN2O4S2/c16-11-4-3-10(14(19)17-12-5-8-23-15(12)20)9-13(11)24(21,22)18-6-1-2-7-18/h3-4,9,12H,1-2,5-8H2,(H,17,19). The molecule has 3 rings (SSSR count). The fourth-order valence-electron chi connectivity index (χ4n) is 2.78. The Morgan fingerprint density at radius 1 is 1.29 bits per heavy atom. The van der Waals surface area contributed by atoms with Crippen LogP contribution in [0.3, 0.4) is 0 Å². The van der Waals surface area contributed by atoms with E-state index >= 15 is 0 Å². The van der Waals surface area contributed by atoms with Gasteiger partial charge in [0, 0.05) is 24.4 Å². The first-order valence-corrected chi connectivity index (χ1v) is 10.5. The highest BCUT2D eigenvalue weighted by Crippen LogP contribution is 2.28. The van der Waals surface area contributed by atoms with Crippen LogP contribution in [0, 0.1) is 0 Å². The average molecular weight is 389 g/mol. The van der Waals surface area contributed by atoms with Crippen LogP contribution in [0.1, 0.15) is 29.6 Å². The normalized spacial score (nSPS) is 22.0. The van der Waals surface area contributed by atoms with Crippen LogP contribution in [0.25, 0.3) is 0 Å². The predicted molar refractivity (Wildman–Crippen MR) is 92.8 cm³/mol. The Morgan fingerprint density at radius 2 is 2.00 bits per heavy atom. The zero-order chi connectivity index (χ0) is 17.3. The van der Waals surface area contributed by atoms with E-state index in [0.717, 1.165) is 12.8 Å². The minimum atomic E-state index is -3.71. The van der Waals surface area contributed by atoms with Gasteiger partial charge in [0.15, 0.2) is 0 Å². The molecule has 0 aromatic heterocycles. The van der Waals surface area contributed by atoms with E-state index in [0.29, 0.717) is 25.3 Å². The molecule has 1 unspecified atom stereocenters. The number of carbonyl (C=O) groups is 2. The van der Waals surface area contributed by atoms with Crippen LogP contribution >= 0.6 is 23.4 Å². The largest absolute Gasteiger partial charge is 0.341 e. The summed E-state index contributed by atoms with van der Waals surface area (Å²) in [6, 6.07) is 3.65. The summed E-state index contributed by atoms with van der Waals surface area (Å²) < 4.78 is 26.7. The number of nitrogens with zero attached hydrogens (tertiary/aromatic N) is 1. The van der Waals surface area contributed by atoms with Gasteiger partial charge in [-0.25, -0.2) is 8.42 Å². The van der Waals surface area contributed by atoms with E-state index in [1.807, 2.05) is 0 Å². The molecule has 0 saturated carbocycles. The fourth-order valence-corrected chi connectivity index (χ4v) is 5.73. The van der Waals surface area contributed by atoms with Gasteiger partial charge in [-0.15, -0.1) is 0 Å². The summed E-state index contributed by atoms with van der Waals surface area (Å²) in [5.41, 5.74) is 0.182. The summed E-state index contributed by atoms with van der Waals surface area (Å²) in [4.78, 5) is 23.9.